The fourth-order valence-corrected chi connectivity index (χ4v) is 2.21. The normalized spacial score (nSPS) is 21.1. The van der Waals surface area contributed by atoms with Crippen molar-refractivity contribution in [2.45, 2.75) is 25.2 Å². The maximum Gasteiger partial charge on any atom is 0.233 e. The molecule has 2 aromatic rings. The van der Waals surface area contributed by atoms with Gasteiger partial charge in [-0.25, -0.2) is 0 Å². The Morgan fingerprint density at radius 2 is 2.11 bits per heavy atom. The number of hydrogen-bond donors (Lipinski definition) is 0. The van der Waals surface area contributed by atoms with E-state index >= 15 is 0 Å². The maximum atomic E-state index is 5.38. The van der Waals surface area contributed by atoms with Crippen molar-refractivity contribution < 1.29 is 9.26 Å². The van der Waals surface area contributed by atoms with E-state index in [1.54, 1.807) is 0 Å². The first kappa shape index (κ1) is 11.4. The van der Waals surface area contributed by atoms with Gasteiger partial charge < -0.3 is 9.26 Å². The van der Waals surface area contributed by atoms with Gasteiger partial charge in [0.15, 0.2) is 5.82 Å². The van der Waals surface area contributed by atoms with Crippen LogP contribution in [0.3, 0.4) is 0 Å². The van der Waals surface area contributed by atoms with Crippen molar-refractivity contribution in [1.29, 1.82) is 0 Å². The molecule has 0 N–H and O–H groups in total. The van der Waals surface area contributed by atoms with E-state index in [0.717, 1.165) is 18.9 Å². The van der Waals surface area contributed by atoms with E-state index in [9.17, 15) is 0 Å². The number of ether oxygens (including phenoxy) is 1. The number of benzene rings is 1. The fraction of sp³-hybridized carbons (Fsp3) is 0.429. The van der Waals surface area contributed by atoms with Crippen molar-refractivity contribution in [2.24, 2.45) is 0 Å². The first-order valence-corrected chi connectivity index (χ1v) is 6.31. The molecule has 1 saturated heterocycles. The molecular formula is C14H16N2O2. The quantitative estimate of drug-likeness (QED) is 0.833. The molecule has 4 heteroatoms. The van der Waals surface area contributed by atoms with Crippen LogP contribution in [0.2, 0.25) is 0 Å². The smallest absolute Gasteiger partial charge is 0.233 e. The van der Waals surface area contributed by atoms with Gasteiger partial charge in [-0.05, 0) is 18.9 Å². The molecular weight excluding hydrogens is 228 g/mol. The van der Waals surface area contributed by atoms with Crippen LogP contribution in [0.4, 0.5) is 0 Å². The highest BCUT2D eigenvalue weighted by molar-refractivity contribution is 5.23. The lowest BCUT2D eigenvalue weighted by atomic mass is 10.0. The predicted molar refractivity (Wildman–Crippen MR) is 66.4 cm³/mol. The summed E-state index contributed by atoms with van der Waals surface area (Å²) < 4.78 is 10.7. The summed E-state index contributed by atoms with van der Waals surface area (Å²) in [5, 5.41) is 4.08. The van der Waals surface area contributed by atoms with Crippen molar-refractivity contribution in [2.75, 3.05) is 13.2 Å². The summed E-state index contributed by atoms with van der Waals surface area (Å²) in [6, 6.07) is 10.2. The Morgan fingerprint density at radius 1 is 1.28 bits per heavy atom. The third-order valence-electron chi connectivity index (χ3n) is 3.42. The maximum absolute atomic E-state index is 5.38. The van der Waals surface area contributed by atoms with Gasteiger partial charge in [0.1, 0.15) is 0 Å². The molecule has 0 amide bonds. The molecule has 94 valence electrons. The summed E-state index contributed by atoms with van der Waals surface area (Å²) in [7, 11) is 0. The first-order valence-electron chi connectivity index (χ1n) is 6.31. The lowest BCUT2D eigenvalue weighted by Gasteiger charge is -2.05. The minimum Gasteiger partial charge on any atom is -0.381 e. The Bertz CT molecular complexity index is 504. The van der Waals surface area contributed by atoms with Crippen LogP contribution in [0, 0.1) is 0 Å². The molecule has 2 heterocycles. The lowest BCUT2D eigenvalue weighted by Crippen LogP contribution is -2.01. The van der Waals surface area contributed by atoms with Crippen LogP contribution in [-0.4, -0.2) is 23.4 Å². The van der Waals surface area contributed by atoms with Crippen LogP contribution in [0.5, 0.6) is 0 Å². The summed E-state index contributed by atoms with van der Waals surface area (Å²) in [6.07, 6.45) is 0.985. The molecule has 1 aliphatic heterocycles. The zero-order valence-electron chi connectivity index (χ0n) is 10.4. The van der Waals surface area contributed by atoms with Crippen LogP contribution in [0.25, 0.3) is 0 Å². The molecule has 1 fully saturated rings. The molecule has 2 atom stereocenters. The van der Waals surface area contributed by atoms with Gasteiger partial charge in [-0.2, -0.15) is 4.98 Å². The molecule has 1 aromatic carbocycles. The van der Waals surface area contributed by atoms with Gasteiger partial charge in [0, 0.05) is 12.5 Å². The first-order chi connectivity index (χ1) is 8.84. The van der Waals surface area contributed by atoms with Crippen LogP contribution in [0.15, 0.2) is 34.9 Å². The summed E-state index contributed by atoms with van der Waals surface area (Å²) in [6.45, 7) is 3.58. The van der Waals surface area contributed by atoms with E-state index in [1.165, 1.54) is 5.56 Å². The fourth-order valence-electron chi connectivity index (χ4n) is 2.21. The van der Waals surface area contributed by atoms with E-state index in [1.807, 2.05) is 18.2 Å². The van der Waals surface area contributed by atoms with Crippen molar-refractivity contribution in [3.05, 3.63) is 47.6 Å². The SMILES string of the molecule is C[C@@H](c1ccccc1)c1nc([C@H]2CCOC2)no1. The second-order valence-electron chi connectivity index (χ2n) is 4.68. The summed E-state index contributed by atoms with van der Waals surface area (Å²) in [4.78, 5) is 4.51. The number of rotatable bonds is 3. The molecule has 0 spiro atoms. The summed E-state index contributed by atoms with van der Waals surface area (Å²) in [5.41, 5.74) is 1.19. The van der Waals surface area contributed by atoms with Gasteiger partial charge in [-0.15, -0.1) is 0 Å². The second kappa shape index (κ2) is 4.90. The Labute approximate surface area is 106 Å². The Hall–Kier alpha value is -1.68. The molecule has 4 nitrogen and oxygen atoms in total. The van der Waals surface area contributed by atoms with Crippen molar-refractivity contribution >= 4 is 0 Å². The molecule has 18 heavy (non-hydrogen) atoms. The van der Waals surface area contributed by atoms with Crippen LogP contribution >= 0.6 is 0 Å². The highest BCUT2D eigenvalue weighted by atomic mass is 16.5. The molecule has 1 aliphatic rings. The summed E-state index contributed by atoms with van der Waals surface area (Å²) >= 11 is 0. The monoisotopic (exact) mass is 244 g/mol. The number of aromatic nitrogens is 2. The third kappa shape index (κ3) is 2.16. The van der Waals surface area contributed by atoms with Gasteiger partial charge in [-0.3, -0.25) is 0 Å². The van der Waals surface area contributed by atoms with Gasteiger partial charge >= 0.3 is 0 Å². The van der Waals surface area contributed by atoms with E-state index < -0.39 is 0 Å². The molecule has 0 radical (unpaired) electrons. The summed E-state index contributed by atoms with van der Waals surface area (Å²) in [5.74, 6) is 1.90. The molecule has 3 rings (SSSR count). The Kier molecular flexibility index (Phi) is 3.11. The zero-order chi connectivity index (χ0) is 12.4. The van der Waals surface area contributed by atoms with E-state index in [4.69, 9.17) is 9.26 Å². The highest BCUT2D eigenvalue weighted by Gasteiger charge is 2.24. The standard InChI is InChI=1S/C14H16N2O2/c1-10(11-5-3-2-4-6-11)14-15-13(16-18-14)12-7-8-17-9-12/h2-6,10,12H,7-9H2,1H3/t10-,12-/m0/s1. The number of hydrogen-bond acceptors (Lipinski definition) is 4. The molecule has 0 aliphatic carbocycles. The minimum atomic E-state index is 0.134. The highest BCUT2D eigenvalue weighted by Crippen LogP contribution is 2.26. The predicted octanol–water partition coefficient (Wildman–Crippen LogP) is 2.73. The van der Waals surface area contributed by atoms with Gasteiger partial charge in [-0.1, -0.05) is 35.5 Å². The van der Waals surface area contributed by atoms with E-state index in [2.05, 4.69) is 29.2 Å². The van der Waals surface area contributed by atoms with Crippen LogP contribution in [-0.2, 0) is 4.74 Å². The van der Waals surface area contributed by atoms with Crippen molar-refractivity contribution in [1.82, 2.24) is 10.1 Å². The largest absolute Gasteiger partial charge is 0.381 e. The molecule has 0 bridgehead atoms. The van der Waals surface area contributed by atoms with Crippen LogP contribution < -0.4 is 0 Å². The van der Waals surface area contributed by atoms with E-state index in [0.29, 0.717) is 18.4 Å². The molecule has 0 saturated carbocycles. The zero-order valence-corrected chi connectivity index (χ0v) is 10.4. The van der Waals surface area contributed by atoms with Crippen LogP contribution in [0.1, 0.15) is 42.5 Å². The van der Waals surface area contributed by atoms with Gasteiger partial charge in [0.05, 0.1) is 12.5 Å². The average Bonchev–Trinajstić information content (AvgIpc) is 3.09. The lowest BCUT2D eigenvalue weighted by molar-refractivity contribution is 0.192. The molecule has 1 aromatic heterocycles. The van der Waals surface area contributed by atoms with Gasteiger partial charge in [0.25, 0.3) is 0 Å². The minimum absolute atomic E-state index is 0.134. The van der Waals surface area contributed by atoms with Gasteiger partial charge in [0.2, 0.25) is 5.89 Å². The number of nitrogens with zero attached hydrogens (tertiary/aromatic N) is 2. The van der Waals surface area contributed by atoms with E-state index in [-0.39, 0.29) is 5.92 Å². The Morgan fingerprint density at radius 3 is 2.83 bits per heavy atom. The van der Waals surface area contributed by atoms with Crippen molar-refractivity contribution in [3.8, 4) is 0 Å². The average molecular weight is 244 g/mol. The molecule has 0 unspecified atom stereocenters. The third-order valence-corrected chi connectivity index (χ3v) is 3.42. The second-order valence-corrected chi connectivity index (χ2v) is 4.68. The topological polar surface area (TPSA) is 48.2 Å². The van der Waals surface area contributed by atoms with Crippen molar-refractivity contribution in [3.63, 3.8) is 0 Å². The Balaban J connectivity index is 1.80.